The predicted octanol–water partition coefficient (Wildman–Crippen LogP) is 6.18. The lowest BCUT2D eigenvalue weighted by atomic mass is 9.88. The Morgan fingerprint density at radius 2 is 1.98 bits per heavy atom. The molecule has 0 aliphatic carbocycles. The third-order valence-electron chi connectivity index (χ3n) is 8.29. The molecule has 3 aromatic rings. The smallest absolute Gasteiger partial charge is 0.278 e. The van der Waals surface area contributed by atoms with Crippen LogP contribution < -0.4 is 9.47 Å². The van der Waals surface area contributed by atoms with Gasteiger partial charge in [0, 0.05) is 30.3 Å². The molecular weight excluding hydrogens is 553 g/mol. The van der Waals surface area contributed by atoms with Crippen molar-refractivity contribution in [2.75, 3.05) is 18.8 Å². The van der Waals surface area contributed by atoms with E-state index in [1.165, 1.54) is 6.07 Å². The SMILES string of the molecule is [C-]#[N+]c1cnc(CN2CCC(c3cccc4c3O[C@@](C)(c3ccc(Cl)cc3F)O4)CC2)c(CC2CCS2(=O)=O)c1. The van der Waals surface area contributed by atoms with Crippen LogP contribution in [0.2, 0.25) is 5.02 Å². The Morgan fingerprint density at radius 1 is 1.18 bits per heavy atom. The minimum atomic E-state index is -3.03. The molecule has 3 aliphatic heterocycles. The minimum Gasteiger partial charge on any atom is -0.444 e. The average Bonchev–Trinajstić information content (AvgIpc) is 3.29. The summed E-state index contributed by atoms with van der Waals surface area (Å²) < 4.78 is 51.5. The number of halogens is 2. The van der Waals surface area contributed by atoms with Gasteiger partial charge in [0.1, 0.15) is 5.82 Å². The molecule has 4 heterocycles. The van der Waals surface area contributed by atoms with Crippen LogP contribution in [0.1, 0.15) is 54.5 Å². The highest BCUT2D eigenvalue weighted by Crippen LogP contribution is 2.50. The van der Waals surface area contributed by atoms with Crippen molar-refractivity contribution in [2.24, 2.45) is 0 Å². The highest BCUT2D eigenvalue weighted by molar-refractivity contribution is 7.93. The van der Waals surface area contributed by atoms with Gasteiger partial charge in [-0.2, -0.15) is 0 Å². The van der Waals surface area contributed by atoms with Crippen molar-refractivity contribution in [3.8, 4) is 11.5 Å². The molecule has 3 aliphatic rings. The lowest BCUT2D eigenvalue weighted by Gasteiger charge is -2.33. The van der Waals surface area contributed by atoms with Crippen molar-refractivity contribution < 1.29 is 22.3 Å². The zero-order valence-electron chi connectivity index (χ0n) is 22.1. The molecule has 0 spiro atoms. The number of hydrogen-bond donors (Lipinski definition) is 0. The first-order chi connectivity index (χ1) is 19.1. The van der Waals surface area contributed by atoms with Crippen LogP contribution in [0.3, 0.4) is 0 Å². The molecule has 2 atom stereocenters. The van der Waals surface area contributed by atoms with E-state index in [0.717, 1.165) is 42.8 Å². The second-order valence-electron chi connectivity index (χ2n) is 10.9. The number of piperidine rings is 1. The number of nitrogens with zero attached hydrogens (tertiary/aromatic N) is 3. The second kappa shape index (κ2) is 10.3. The number of para-hydroxylation sites is 1. The van der Waals surface area contributed by atoms with Crippen LogP contribution in [0, 0.1) is 12.4 Å². The van der Waals surface area contributed by atoms with Crippen LogP contribution in [0.5, 0.6) is 11.5 Å². The van der Waals surface area contributed by atoms with Crippen LogP contribution in [-0.4, -0.2) is 42.4 Å². The Kier molecular flexibility index (Phi) is 6.97. The highest BCUT2D eigenvalue weighted by atomic mass is 35.5. The fourth-order valence-corrected chi connectivity index (χ4v) is 7.45. The van der Waals surface area contributed by atoms with E-state index in [-0.39, 0.29) is 22.5 Å². The number of aromatic nitrogens is 1. The first kappa shape index (κ1) is 27.0. The molecule has 0 N–H and O–H groups in total. The summed E-state index contributed by atoms with van der Waals surface area (Å²) in [6.07, 6.45) is 4.41. The van der Waals surface area contributed by atoms with Crippen molar-refractivity contribution in [1.29, 1.82) is 0 Å². The third-order valence-corrected chi connectivity index (χ3v) is 10.7. The molecule has 7 nitrogen and oxygen atoms in total. The van der Waals surface area contributed by atoms with Gasteiger partial charge in [-0.05, 0) is 80.6 Å². The van der Waals surface area contributed by atoms with E-state index in [4.69, 9.17) is 27.6 Å². The molecule has 0 bridgehead atoms. The lowest BCUT2D eigenvalue weighted by Crippen LogP contribution is -2.38. The Hall–Kier alpha value is -3.19. The lowest BCUT2D eigenvalue weighted by molar-refractivity contribution is -0.0712. The molecule has 0 radical (unpaired) electrons. The number of rotatable bonds is 6. The Bertz CT molecular complexity index is 1620. The molecule has 0 saturated carbocycles. The van der Waals surface area contributed by atoms with Crippen molar-refractivity contribution in [1.82, 2.24) is 9.88 Å². The molecule has 40 heavy (non-hydrogen) atoms. The second-order valence-corrected chi connectivity index (χ2v) is 13.7. The molecule has 2 saturated heterocycles. The van der Waals surface area contributed by atoms with Gasteiger partial charge < -0.3 is 9.47 Å². The summed E-state index contributed by atoms with van der Waals surface area (Å²) >= 11 is 5.95. The van der Waals surface area contributed by atoms with Gasteiger partial charge in [-0.15, -0.1) is 0 Å². The number of hydrogen-bond acceptors (Lipinski definition) is 6. The minimum absolute atomic E-state index is 0.238. The largest absolute Gasteiger partial charge is 0.444 e. The molecule has 1 unspecified atom stereocenters. The van der Waals surface area contributed by atoms with Crippen molar-refractivity contribution >= 4 is 27.1 Å². The molecular formula is C30H29ClFN3O4S. The fraction of sp³-hybridized carbons (Fsp3) is 0.400. The number of ether oxygens (including phenoxy) is 2. The normalized spacial score (nSPS) is 23.9. The van der Waals surface area contributed by atoms with E-state index in [2.05, 4.69) is 14.7 Å². The molecule has 2 aromatic carbocycles. The van der Waals surface area contributed by atoms with Gasteiger partial charge in [-0.1, -0.05) is 23.7 Å². The topological polar surface area (TPSA) is 73.1 Å². The summed E-state index contributed by atoms with van der Waals surface area (Å²) in [5.74, 6) is -0.0485. The molecule has 1 aromatic heterocycles. The van der Waals surface area contributed by atoms with Gasteiger partial charge >= 0.3 is 0 Å². The van der Waals surface area contributed by atoms with Crippen molar-refractivity contribution in [3.63, 3.8) is 0 Å². The first-order valence-corrected chi connectivity index (χ1v) is 15.5. The summed E-state index contributed by atoms with van der Waals surface area (Å²) in [4.78, 5) is 10.4. The molecule has 2 fully saturated rings. The maximum atomic E-state index is 14.8. The molecule has 6 rings (SSSR count). The Labute approximate surface area is 238 Å². The van der Waals surface area contributed by atoms with E-state index in [0.29, 0.717) is 41.6 Å². The van der Waals surface area contributed by atoms with E-state index in [9.17, 15) is 12.8 Å². The monoisotopic (exact) mass is 581 g/mol. The Balaban J connectivity index is 1.15. The van der Waals surface area contributed by atoms with Crippen LogP contribution >= 0.6 is 11.6 Å². The average molecular weight is 582 g/mol. The molecule has 0 amide bonds. The number of fused-ring (bicyclic) bond motifs is 1. The quantitative estimate of drug-likeness (QED) is 0.324. The number of pyridine rings is 1. The van der Waals surface area contributed by atoms with E-state index in [1.807, 2.05) is 18.2 Å². The summed E-state index contributed by atoms with van der Waals surface area (Å²) in [7, 11) is -3.03. The van der Waals surface area contributed by atoms with Crippen molar-refractivity contribution in [3.05, 3.63) is 93.3 Å². The first-order valence-electron chi connectivity index (χ1n) is 13.4. The van der Waals surface area contributed by atoms with Gasteiger partial charge in [0.2, 0.25) is 5.69 Å². The van der Waals surface area contributed by atoms with Gasteiger partial charge in [0.15, 0.2) is 21.3 Å². The van der Waals surface area contributed by atoms with E-state index >= 15 is 0 Å². The Morgan fingerprint density at radius 3 is 2.65 bits per heavy atom. The van der Waals surface area contributed by atoms with E-state index in [1.54, 1.807) is 31.3 Å². The van der Waals surface area contributed by atoms with Crippen LogP contribution in [0.25, 0.3) is 4.85 Å². The predicted molar refractivity (Wildman–Crippen MR) is 150 cm³/mol. The summed E-state index contributed by atoms with van der Waals surface area (Å²) in [6, 6.07) is 12.1. The maximum absolute atomic E-state index is 14.8. The fourth-order valence-electron chi connectivity index (χ4n) is 5.91. The van der Waals surface area contributed by atoms with Gasteiger partial charge in [0.05, 0.1) is 28.8 Å². The van der Waals surface area contributed by atoms with E-state index < -0.39 is 21.4 Å². The van der Waals surface area contributed by atoms with Gasteiger partial charge in [0.25, 0.3) is 5.79 Å². The third kappa shape index (κ3) is 5.05. The molecule has 208 valence electrons. The highest BCUT2D eigenvalue weighted by Gasteiger charge is 2.43. The number of sulfone groups is 1. The zero-order chi connectivity index (χ0) is 28.1. The van der Waals surface area contributed by atoms with Gasteiger partial charge in [-0.3, -0.25) is 9.88 Å². The van der Waals surface area contributed by atoms with Crippen molar-refractivity contribution in [2.45, 2.75) is 56.1 Å². The summed E-state index contributed by atoms with van der Waals surface area (Å²) in [5, 5.41) is -0.0697. The number of likely N-dealkylation sites (tertiary alicyclic amines) is 1. The van der Waals surface area contributed by atoms with Crippen LogP contribution in [0.4, 0.5) is 10.1 Å². The standard InChI is InChI=1S/C30H29ClFN3O4S/c1-30(25-7-6-21(31)16-26(25)32)38-28-5-3-4-24(29(28)39-30)19-8-11-35(12-9-19)18-27-20(14-22(33-2)17-34-27)15-23-10-13-40(23,36)37/h3-7,14,16-17,19,23H,8-13,15,18H2,1H3/t23?,30-/m0/s1. The van der Waals surface area contributed by atoms with Gasteiger partial charge in [-0.25, -0.2) is 17.7 Å². The molecule has 10 heteroatoms. The summed E-state index contributed by atoms with van der Waals surface area (Å²) in [5.41, 5.74) is 3.46. The summed E-state index contributed by atoms with van der Waals surface area (Å²) in [6.45, 7) is 11.3. The van der Waals surface area contributed by atoms with Crippen LogP contribution in [0.15, 0.2) is 48.7 Å². The number of benzene rings is 2. The van der Waals surface area contributed by atoms with Crippen LogP contribution in [-0.2, 0) is 28.6 Å². The maximum Gasteiger partial charge on any atom is 0.278 e. The zero-order valence-corrected chi connectivity index (χ0v) is 23.6.